The van der Waals surface area contributed by atoms with Gasteiger partial charge in [0, 0.05) is 23.8 Å². The molecule has 1 N–H and O–H groups in total. The molecule has 0 bridgehead atoms. The fraction of sp³-hybridized carbons (Fsp3) is 0.833. The number of amides is 1. The van der Waals surface area contributed by atoms with E-state index in [4.69, 9.17) is 15.4 Å². The number of carbonyl (C=O) groups is 1. The van der Waals surface area contributed by atoms with Gasteiger partial charge in [-0.2, -0.15) is 8.42 Å². The van der Waals surface area contributed by atoms with Crippen molar-refractivity contribution in [2.24, 2.45) is 0 Å². The minimum absolute atomic E-state index is 0.265. The number of hydrogen-bond donors (Lipinski definition) is 1. The lowest BCUT2D eigenvalue weighted by atomic mass is 10.3. The molecule has 0 saturated carbocycles. The monoisotopic (exact) mass is 242 g/mol. The van der Waals surface area contributed by atoms with Gasteiger partial charge in [0.15, 0.2) is 0 Å². The van der Waals surface area contributed by atoms with Crippen molar-refractivity contribution in [3.8, 4) is 0 Å². The highest BCUT2D eigenvalue weighted by atomic mass is 35.7. The van der Waals surface area contributed by atoms with Gasteiger partial charge in [0.25, 0.3) is 0 Å². The molecule has 0 aromatic rings. The van der Waals surface area contributed by atoms with E-state index in [9.17, 15) is 13.2 Å². The third-order valence-electron chi connectivity index (χ3n) is 1.83. The van der Waals surface area contributed by atoms with E-state index in [1.54, 1.807) is 0 Å². The van der Waals surface area contributed by atoms with Gasteiger partial charge < -0.3 is 9.64 Å². The van der Waals surface area contributed by atoms with Crippen LogP contribution in [0.2, 0.25) is 0 Å². The van der Waals surface area contributed by atoms with Crippen LogP contribution in [0.25, 0.3) is 0 Å². The first-order chi connectivity index (χ1) is 6.37. The van der Waals surface area contributed by atoms with E-state index in [2.05, 4.69) is 0 Å². The normalized spacial score (nSPS) is 23.4. The van der Waals surface area contributed by atoms with Crippen LogP contribution in [0.3, 0.4) is 0 Å². The van der Waals surface area contributed by atoms with Crippen molar-refractivity contribution >= 4 is 26.0 Å². The molecular formula is C6H11ClN2O4S. The average molecular weight is 243 g/mol. The Morgan fingerprint density at radius 3 is 2.71 bits per heavy atom. The van der Waals surface area contributed by atoms with Crippen LogP contribution in [-0.4, -0.2) is 45.7 Å². The van der Waals surface area contributed by atoms with Crippen LogP contribution in [0.15, 0.2) is 0 Å². The molecule has 1 atom stereocenters. The van der Waals surface area contributed by atoms with Crippen LogP contribution in [0.5, 0.6) is 0 Å². The zero-order valence-corrected chi connectivity index (χ0v) is 9.14. The SMILES string of the molecule is CN1CCC(OC(=O)NS(=O)(=O)Cl)C1. The van der Waals surface area contributed by atoms with E-state index in [0.29, 0.717) is 13.0 Å². The predicted molar refractivity (Wildman–Crippen MR) is 50.3 cm³/mol. The standard InChI is InChI=1S/C6H11ClN2O4S/c1-9-3-2-5(4-9)13-6(10)8-14(7,11)12/h5H,2-4H2,1H3,(H,8,10). The Labute approximate surface area is 86.7 Å². The van der Waals surface area contributed by atoms with Crippen molar-refractivity contribution in [1.29, 1.82) is 0 Å². The second kappa shape index (κ2) is 4.33. The summed E-state index contributed by atoms with van der Waals surface area (Å²) in [5.41, 5.74) is 0. The molecule has 0 aromatic carbocycles. The summed E-state index contributed by atoms with van der Waals surface area (Å²) in [5, 5.41) is 0. The maximum Gasteiger partial charge on any atom is 0.422 e. The Morgan fingerprint density at radius 1 is 1.64 bits per heavy atom. The fourth-order valence-corrected chi connectivity index (χ4v) is 1.70. The molecule has 0 spiro atoms. The molecule has 0 radical (unpaired) electrons. The summed E-state index contributed by atoms with van der Waals surface area (Å²) in [5.74, 6) is 0. The van der Waals surface area contributed by atoms with Gasteiger partial charge in [0.2, 0.25) is 0 Å². The lowest BCUT2D eigenvalue weighted by Crippen LogP contribution is -2.32. The van der Waals surface area contributed by atoms with E-state index in [1.165, 1.54) is 4.72 Å². The van der Waals surface area contributed by atoms with E-state index in [0.717, 1.165) is 6.54 Å². The maximum absolute atomic E-state index is 10.9. The molecule has 1 saturated heterocycles. The molecular weight excluding hydrogens is 232 g/mol. The quantitative estimate of drug-likeness (QED) is 0.685. The number of nitrogens with zero attached hydrogens (tertiary/aromatic N) is 1. The number of likely N-dealkylation sites (N-methyl/N-ethyl adjacent to an activating group) is 1. The van der Waals surface area contributed by atoms with Crippen molar-refractivity contribution in [1.82, 2.24) is 9.62 Å². The molecule has 6 nitrogen and oxygen atoms in total. The molecule has 1 amide bonds. The van der Waals surface area contributed by atoms with Gasteiger partial charge in [0.1, 0.15) is 6.10 Å². The first-order valence-electron chi connectivity index (χ1n) is 3.98. The van der Waals surface area contributed by atoms with Gasteiger partial charge in [-0.05, 0) is 13.5 Å². The van der Waals surface area contributed by atoms with Crippen LogP contribution in [-0.2, 0) is 14.0 Å². The van der Waals surface area contributed by atoms with Gasteiger partial charge in [-0.3, -0.25) is 0 Å². The average Bonchev–Trinajstić information content (AvgIpc) is 2.30. The number of nitrogens with one attached hydrogen (secondary N) is 1. The van der Waals surface area contributed by atoms with Crippen molar-refractivity contribution < 1.29 is 17.9 Å². The van der Waals surface area contributed by atoms with E-state index >= 15 is 0 Å². The molecule has 1 heterocycles. The van der Waals surface area contributed by atoms with E-state index in [-0.39, 0.29) is 6.10 Å². The molecule has 0 aliphatic carbocycles. The van der Waals surface area contributed by atoms with Crippen LogP contribution in [0.1, 0.15) is 6.42 Å². The Bertz CT molecular complexity index is 318. The lowest BCUT2D eigenvalue weighted by molar-refractivity contribution is 0.108. The molecule has 82 valence electrons. The molecule has 1 rings (SSSR count). The van der Waals surface area contributed by atoms with Crippen molar-refractivity contribution in [2.75, 3.05) is 20.1 Å². The molecule has 8 heteroatoms. The summed E-state index contributed by atoms with van der Waals surface area (Å²) >= 11 is 0. The second-order valence-electron chi connectivity index (χ2n) is 3.12. The van der Waals surface area contributed by atoms with Gasteiger partial charge in [-0.25, -0.2) is 9.52 Å². The Hall–Kier alpha value is -0.530. The fourth-order valence-electron chi connectivity index (χ4n) is 1.27. The summed E-state index contributed by atoms with van der Waals surface area (Å²) < 4.78 is 27.2. The molecule has 14 heavy (non-hydrogen) atoms. The molecule has 0 aromatic heterocycles. The van der Waals surface area contributed by atoms with Crippen LogP contribution < -0.4 is 4.72 Å². The second-order valence-corrected chi connectivity index (χ2v) is 5.42. The Balaban J connectivity index is 2.35. The zero-order valence-electron chi connectivity index (χ0n) is 7.57. The minimum Gasteiger partial charge on any atom is -0.444 e. The van der Waals surface area contributed by atoms with Crippen molar-refractivity contribution in [3.05, 3.63) is 0 Å². The molecule has 1 aliphatic heterocycles. The van der Waals surface area contributed by atoms with Crippen LogP contribution >= 0.6 is 10.7 Å². The first kappa shape index (κ1) is 11.5. The van der Waals surface area contributed by atoms with E-state index in [1.807, 2.05) is 11.9 Å². The third kappa shape index (κ3) is 4.12. The summed E-state index contributed by atoms with van der Waals surface area (Å²) in [7, 11) is 2.64. The zero-order chi connectivity index (χ0) is 10.8. The van der Waals surface area contributed by atoms with Crippen LogP contribution in [0, 0.1) is 0 Å². The van der Waals surface area contributed by atoms with Gasteiger partial charge in [-0.15, -0.1) is 0 Å². The smallest absolute Gasteiger partial charge is 0.422 e. The largest absolute Gasteiger partial charge is 0.444 e. The third-order valence-corrected chi connectivity index (χ3v) is 2.47. The highest BCUT2D eigenvalue weighted by molar-refractivity contribution is 8.12. The topological polar surface area (TPSA) is 75.7 Å². The van der Waals surface area contributed by atoms with Gasteiger partial charge in [0.05, 0.1) is 0 Å². The Morgan fingerprint density at radius 2 is 2.29 bits per heavy atom. The van der Waals surface area contributed by atoms with Crippen molar-refractivity contribution in [2.45, 2.75) is 12.5 Å². The minimum atomic E-state index is -4.04. The number of ether oxygens (including phenoxy) is 1. The predicted octanol–water partition coefficient (Wildman–Crippen LogP) is -0.0997. The van der Waals surface area contributed by atoms with Crippen LogP contribution in [0.4, 0.5) is 4.79 Å². The highest BCUT2D eigenvalue weighted by Crippen LogP contribution is 2.10. The Kier molecular flexibility index (Phi) is 3.57. The summed E-state index contributed by atoms with van der Waals surface area (Å²) in [6, 6.07) is 0. The number of carbonyl (C=O) groups excluding carboxylic acids is 1. The maximum atomic E-state index is 10.9. The summed E-state index contributed by atoms with van der Waals surface area (Å²) in [4.78, 5) is 12.9. The van der Waals surface area contributed by atoms with E-state index < -0.39 is 15.3 Å². The number of likely N-dealkylation sites (tertiary alicyclic amines) is 1. The molecule has 1 fully saturated rings. The summed E-state index contributed by atoms with van der Waals surface area (Å²) in [6.07, 6.45) is -0.592. The molecule has 1 unspecified atom stereocenters. The number of rotatable bonds is 2. The number of halogens is 1. The molecule has 1 aliphatic rings. The van der Waals surface area contributed by atoms with Gasteiger partial charge in [-0.1, -0.05) is 0 Å². The lowest BCUT2D eigenvalue weighted by Gasteiger charge is -2.11. The van der Waals surface area contributed by atoms with Gasteiger partial charge >= 0.3 is 15.3 Å². The highest BCUT2D eigenvalue weighted by Gasteiger charge is 2.24. The number of hydrogen-bond acceptors (Lipinski definition) is 5. The first-order valence-corrected chi connectivity index (χ1v) is 6.29. The van der Waals surface area contributed by atoms with Crippen molar-refractivity contribution in [3.63, 3.8) is 0 Å². The summed E-state index contributed by atoms with van der Waals surface area (Å²) in [6.45, 7) is 1.43.